The Hall–Kier alpha value is -1.40. The van der Waals surface area contributed by atoms with Gasteiger partial charge in [0.05, 0.1) is 5.69 Å². The maximum Gasteiger partial charge on any atom is 0.267 e. The summed E-state index contributed by atoms with van der Waals surface area (Å²) < 4.78 is 26.2. The van der Waals surface area contributed by atoms with Crippen LogP contribution in [-0.2, 0) is 10.0 Å². The van der Waals surface area contributed by atoms with Crippen molar-refractivity contribution in [3.63, 3.8) is 0 Å². The topological polar surface area (TPSA) is 61.8 Å². The van der Waals surface area contributed by atoms with Crippen molar-refractivity contribution >= 4 is 22.0 Å². The number of fused-ring (bicyclic) bond motifs is 1. The first-order chi connectivity index (χ1) is 10.0. The first-order valence-electron chi connectivity index (χ1n) is 7.37. The van der Waals surface area contributed by atoms with Gasteiger partial charge in [-0.05, 0) is 44.0 Å². The van der Waals surface area contributed by atoms with E-state index in [1.807, 2.05) is 0 Å². The molecule has 0 radical (unpaired) electrons. The van der Waals surface area contributed by atoms with Crippen LogP contribution < -0.4 is 5.32 Å². The lowest BCUT2D eigenvalue weighted by molar-refractivity contribution is 0.493. The second-order valence-corrected chi connectivity index (χ2v) is 7.49. The van der Waals surface area contributed by atoms with Gasteiger partial charge in [0.15, 0.2) is 0 Å². The smallest absolute Gasteiger partial charge is 0.267 e. The van der Waals surface area contributed by atoms with Crippen molar-refractivity contribution in [2.75, 3.05) is 19.6 Å². The Morgan fingerprint density at radius 1 is 1.24 bits per heavy atom. The number of benzene rings is 1. The summed E-state index contributed by atoms with van der Waals surface area (Å²) in [5, 5.41) is 3.36. The van der Waals surface area contributed by atoms with Crippen molar-refractivity contribution in [2.24, 2.45) is 10.9 Å². The quantitative estimate of drug-likeness (QED) is 0.787. The summed E-state index contributed by atoms with van der Waals surface area (Å²) in [6, 6.07) is 6.85. The molecule has 1 aliphatic rings. The summed E-state index contributed by atoms with van der Waals surface area (Å²) in [7, 11) is -3.43. The number of nitrogens with one attached hydrogen (secondary N) is 1. The maximum absolute atomic E-state index is 12.4. The number of nitrogens with zero attached hydrogens (tertiary/aromatic N) is 2. The minimum absolute atomic E-state index is 0.297. The lowest BCUT2D eigenvalue weighted by atomic mass is 10.2. The molecule has 1 aromatic rings. The number of unbranched alkanes of at least 4 members (excludes halogenated alkanes) is 1. The molecule has 0 saturated heterocycles. The second kappa shape index (κ2) is 7.04. The molecule has 0 unspecified atom stereocenters. The van der Waals surface area contributed by atoms with Crippen LogP contribution in [0.25, 0.3) is 0 Å². The Balaban J connectivity index is 1.86. The summed E-state index contributed by atoms with van der Waals surface area (Å²) in [6.45, 7) is 6.72. The van der Waals surface area contributed by atoms with Gasteiger partial charge in [0.25, 0.3) is 10.0 Å². The molecule has 1 N–H and O–H groups in total. The predicted molar refractivity (Wildman–Crippen MR) is 85.4 cm³/mol. The highest BCUT2D eigenvalue weighted by Crippen LogP contribution is 2.29. The van der Waals surface area contributed by atoms with Crippen LogP contribution in [0.3, 0.4) is 0 Å². The Labute approximate surface area is 127 Å². The zero-order chi connectivity index (χ0) is 15.3. The Morgan fingerprint density at radius 3 is 2.76 bits per heavy atom. The lowest BCUT2D eigenvalue weighted by Crippen LogP contribution is -2.33. The molecule has 0 aliphatic carbocycles. The molecule has 6 heteroatoms. The highest BCUT2D eigenvalue weighted by Gasteiger charge is 2.27. The predicted octanol–water partition coefficient (Wildman–Crippen LogP) is 2.38. The van der Waals surface area contributed by atoms with Gasteiger partial charge in [-0.15, -0.1) is 0 Å². The van der Waals surface area contributed by atoms with Crippen LogP contribution in [0.2, 0.25) is 0 Å². The van der Waals surface area contributed by atoms with Gasteiger partial charge in [-0.3, -0.25) is 4.31 Å². The van der Waals surface area contributed by atoms with E-state index in [2.05, 4.69) is 24.2 Å². The molecule has 1 aromatic carbocycles. The number of rotatable bonds is 7. The highest BCUT2D eigenvalue weighted by atomic mass is 32.2. The fourth-order valence-corrected chi connectivity index (χ4v) is 3.61. The molecule has 21 heavy (non-hydrogen) atoms. The summed E-state index contributed by atoms with van der Waals surface area (Å²) in [6.07, 6.45) is 3.20. The third-order valence-corrected chi connectivity index (χ3v) is 5.11. The third-order valence-electron chi connectivity index (χ3n) is 3.31. The minimum atomic E-state index is -3.43. The van der Waals surface area contributed by atoms with Crippen molar-refractivity contribution in [2.45, 2.75) is 31.6 Å². The van der Waals surface area contributed by atoms with Crippen molar-refractivity contribution in [1.29, 1.82) is 0 Å². The average Bonchev–Trinajstić information content (AvgIpc) is 2.44. The Morgan fingerprint density at radius 2 is 2.00 bits per heavy atom. The third kappa shape index (κ3) is 4.04. The molecule has 0 atom stereocenters. The molecule has 0 amide bonds. The molecule has 0 saturated carbocycles. The molecule has 0 spiro atoms. The maximum atomic E-state index is 12.4. The fourth-order valence-electron chi connectivity index (χ4n) is 2.18. The SMILES string of the molecule is CC(C)CNCCCCN1C=Nc2ccccc2S1(=O)=O. The molecule has 2 rings (SSSR count). The van der Waals surface area contributed by atoms with Gasteiger partial charge < -0.3 is 5.32 Å². The van der Waals surface area contributed by atoms with Gasteiger partial charge >= 0.3 is 0 Å². The zero-order valence-electron chi connectivity index (χ0n) is 12.6. The van der Waals surface area contributed by atoms with Crippen LogP contribution in [0.4, 0.5) is 5.69 Å². The highest BCUT2D eigenvalue weighted by molar-refractivity contribution is 7.89. The van der Waals surface area contributed by atoms with E-state index in [9.17, 15) is 8.42 Å². The van der Waals surface area contributed by atoms with Crippen LogP contribution in [-0.4, -0.2) is 38.7 Å². The van der Waals surface area contributed by atoms with Gasteiger partial charge in [-0.25, -0.2) is 13.4 Å². The first kappa shape index (κ1) is 16.0. The van der Waals surface area contributed by atoms with E-state index in [1.165, 1.54) is 10.6 Å². The average molecular weight is 309 g/mol. The molecule has 0 bridgehead atoms. The minimum Gasteiger partial charge on any atom is -0.316 e. The number of hydrogen-bond donors (Lipinski definition) is 1. The summed E-state index contributed by atoms with van der Waals surface area (Å²) in [5.74, 6) is 0.635. The van der Waals surface area contributed by atoms with E-state index in [4.69, 9.17) is 0 Å². The molecule has 5 nitrogen and oxygen atoms in total. The zero-order valence-corrected chi connectivity index (χ0v) is 13.4. The monoisotopic (exact) mass is 309 g/mol. The molecular weight excluding hydrogens is 286 g/mol. The number of aliphatic imine (C=N–C) groups is 1. The summed E-state index contributed by atoms with van der Waals surface area (Å²) in [4.78, 5) is 4.51. The standard InChI is InChI=1S/C15H23N3O2S/c1-13(2)11-16-9-5-6-10-18-12-17-14-7-3-4-8-15(14)21(18,19)20/h3-4,7-8,12-13,16H,5-6,9-11H2,1-2H3. The molecule has 0 fully saturated rings. The van der Waals surface area contributed by atoms with Crippen molar-refractivity contribution in [3.8, 4) is 0 Å². The van der Waals surface area contributed by atoms with Gasteiger partial charge in [0, 0.05) is 6.54 Å². The van der Waals surface area contributed by atoms with E-state index >= 15 is 0 Å². The number of para-hydroxylation sites is 1. The molecule has 1 heterocycles. The Kier molecular flexibility index (Phi) is 5.36. The lowest BCUT2D eigenvalue weighted by Gasteiger charge is -2.23. The van der Waals surface area contributed by atoms with E-state index in [0.29, 0.717) is 23.0 Å². The van der Waals surface area contributed by atoms with Crippen LogP contribution in [0, 0.1) is 5.92 Å². The second-order valence-electron chi connectivity index (χ2n) is 5.63. The fraction of sp³-hybridized carbons (Fsp3) is 0.533. The summed E-state index contributed by atoms with van der Waals surface area (Å²) >= 11 is 0. The van der Waals surface area contributed by atoms with Crippen molar-refractivity contribution in [1.82, 2.24) is 9.62 Å². The van der Waals surface area contributed by atoms with Crippen LogP contribution in [0.1, 0.15) is 26.7 Å². The van der Waals surface area contributed by atoms with Gasteiger partial charge in [0.2, 0.25) is 0 Å². The number of sulfonamides is 1. The van der Waals surface area contributed by atoms with Crippen LogP contribution >= 0.6 is 0 Å². The van der Waals surface area contributed by atoms with Crippen LogP contribution in [0.5, 0.6) is 0 Å². The first-order valence-corrected chi connectivity index (χ1v) is 8.81. The molecule has 0 aromatic heterocycles. The molecule has 116 valence electrons. The molecule has 1 aliphatic heterocycles. The van der Waals surface area contributed by atoms with Crippen molar-refractivity contribution in [3.05, 3.63) is 24.3 Å². The van der Waals surface area contributed by atoms with E-state index in [1.54, 1.807) is 24.3 Å². The largest absolute Gasteiger partial charge is 0.316 e. The van der Waals surface area contributed by atoms with E-state index in [-0.39, 0.29) is 0 Å². The van der Waals surface area contributed by atoms with E-state index in [0.717, 1.165) is 25.9 Å². The van der Waals surface area contributed by atoms with Gasteiger partial charge in [-0.1, -0.05) is 26.0 Å². The van der Waals surface area contributed by atoms with Gasteiger partial charge in [0.1, 0.15) is 11.2 Å². The van der Waals surface area contributed by atoms with Crippen molar-refractivity contribution < 1.29 is 8.42 Å². The summed E-state index contributed by atoms with van der Waals surface area (Å²) in [5.41, 5.74) is 0.521. The molecular formula is C15H23N3O2S. The normalized spacial score (nSPS) is 16.2. The number of hydrogen-bond acceptors (Lipinski definition) is 4. The van der Waals surface area contributed by atoms with Gasteiger partial charge in [-0.2, -0.15) is 0 Å². The Bertz CT molecular complexity index is 597. The van der Waals surface area contributed by atoms with E-state index < -0.39 is 10.0 Å². The van der Waals surface area contributed by atoms with Crippen LogP contribution in [0.15, 0.2) is 34.2 Å².